The van der Waals surface area contributed by atoms with Crippen molar-refractivity contribution in [1.29, 1.82) is 0 Å². The van der Waals surface area contributed by atoms with Crippen molar-refractivity contribution in [2.24, 2.45) is 0 Å². The lowest BCUT2D eigenvalue weighted by Gasteiger charge is -2.26. The first-order valence-corrected chi connectivity index (χ1v) is 10.3. The Labute approximate surface area is 170 Å². The van der Waals surface area contributed by atoms with E-state index in [0.29, 0.717) is 12.5 Å². The van der Waals surface area contributed by atoms with E-state index in [1.54, 1.807) is 7.05 Å². The van der Waals surface area contributed by atoms with E-state index in [4.69, 9.17) is 4.74 Å². The molecule has 1 fully saturated rings. The normalized spacial score (nSPS) is 14.9. The fourth-order valence-corrected chi connectivity index (χ4v) is 3.89. The minimum Gasteiger partial charge on any atom is -0.463 e. The average molecular weight is 407 g/mol. The van der Waals surface area contributed by atoms with E-state index < -0.39 is 11.7 Å². The summed E-state index contributed by atoms with van der Waals surface area (Å²) in [5, 5.41) is 0. The van der Waals surface area contributed by atoms with Crippen LogP contribution in [0.5, 0.6) is 6.01 Å². The predicted octanol–water partition coefficient (Wildman–Crippen LogP) is 6.49. The number of nitrogens with zero attached hydrogens (tertiary/aromatic N) is 3. The van der Waals surface area contributed by atoms with Crippen LogP contribution in [0.3, 0.4) is 0 Å². The van der Waals surface area contributed by atoms with Gasteiger partial charge >= 0.3 is 12.2 Å². The van der Waals surface area contributed by atoms with Gasteiger partial charge in [0.15, 0.2) is 5.82 Å². The number of hydrogen-bond acceptors (Lipinski definition) is 4. The Morgan fingerprint density at radius 3 is 2.55 bits per heavy atom. The summed E-state index contributed by atoms with van der Waals surface area (Å²) >= 11 is 0. The molecule has 1 saturated carbocycles. The Hall–Kier alpha value is -2.31. The second kappa shape index (κ2) is 9.46. The Bertz CT molecular complexity index is 804. The smallest absolute Gasteiger partial charge is 0.421 e. The Morgan fingerprint density at radius 1 is 1.14 bits per heavy atom. The number of anilines is 2. The Morgan fingerprint density at radius 2 is 1.86 bits per heavy atom. The van der Waals surface area contributed by atoms with Gasteiger partial charge in [0.05, 0.1) is 6.61 Å². The zero-order chi connectivity index (χ0) is 20.9. The van der Waals surface area contributed by atoms with Gasteiger partial charge in [-0.25, -0.2) is 4.98 Å². The highest BCUT2D eigenvalue weighted by atomic mass is 19.4. The van der Waals surface area contributed by atoms with Crippen LogP contribution in [0.2, 0.25) is 0 Å². The van der Waals surface area contributed by atoms with Gasteiger partial charge in [0.25, 0.3) is 0 Å². The van der Waals surface area contributed by atoms with Crippen molar-refractivity contribution < 1.29 is 17.9 Å². The van der Waals surface area contributed by atoms with E-state index in [1.807, 2.05) is 24.3 Å². The lowest BCUT2D eigenvalue weighted by Crippen LogP contribution is -2.21. The molecule has 0 atom stereocenters. The first-order chi connectivity index (χ1) is 13.9. The third-order valence-corrected chi connectivity index (χ3v) is 5.44. The molecule has 1 heterocycles. The standard InChI is InChI=1S/C22H28F3N3O/c1-3-4-9-14-29-21-26-15-18(22(23,24)25)20(27-21)28(2)19-13-8-7-12-17(19)16-10-5-6-11-16/h7-8,12-13,15-16H,3-6,9-11,14H2,1-2H3. The molecule has 0 saturated heterocycles. The average Bonchev–Trinajstić information content (AvgIpc) is 3.24. The number of unbranched alkanes of at least 4 members (excludes halogenated alkanes) is 2. The number of aromatic nitrogens is 2. The molecular formula is C22H28F3N3O. The van der Waals surface area contributed by atoms with Crippen LogP contribution in [0, 0.1) is 0 Å². The largest absolute Gasteiger partial charge is 0.463 e. The molecule has 0 spiro atoms. The van der Waals surface area contributed by atoms with Gasteiger partial charge in [-0.1, -0.05) is 50.8 Å². The van der Waals surface area contributed by atoms with Crippen molar-refractivity contribution in [3.63, 3.8) is 0 Å². The maximum Gasteiger partial charge on any atom is 0.421 e. The zero-order valence-electron chi connectivity index (χ0n) is 17.0. The summed E-state index contributed by atoms with van der Waals surface area (Å²) in [6.07, 6.45) is 3.54. The molecule has 0 N–H and O–H groups in total. The summed E-state index contributed by atoms with van der Waals surface area (Å²) < 4.78 is 46.5. The molecular weight excluding hydrogens is 379 g/mol. The van der Waals surface area contributed by atoms with Crippen LogP contribution in [-0.4, -0.2) is 23.6 Å². The number of rotatable bonds is 8. The van der Waals surface area contributed by atoms with Gasteiger partial charge in [-0.15, -0.1) is 0 Å². The van der Waals surface area contributed by atoms with Gasteiger partial charge in [0.1, 0.15) is 5.56 Å². The quantitative estimate of drug-likeness (QED) is 0.469. The molecule has 158 valence electrons. The zero-order valence-corrected chi connectivity index (χ0v) is 17.0. The monoisotopic (exact) mass is 407 g/mol. The second-order valence-corrected chi connectivity index (χ2v) is 7.54. The number of benzene rings is 1. The van der Waals surface area contributed by atoms with Gasteiger partial charge in [-0.2, -0.15) is 18.2 Å². The fourth-order valence-electron chi connectivity index (χ4n) is 3.89. The van der Waals surface area contributed by atoms with Crippen molar-refractivity contribution in [3.05, 3.63) is 41.6 Å². The molecule has 4 nitrogen and oxygen atoms in total. The summed E-state index contributed by atoms with van der Waals surface area (Å²) in [7, 11) is 1.63. The molecule has 29 heavy (non-hydrogen) atoms. The van der Waals surface area contributed by atoms with Crippen molar-refractivity contribution >= 4 is 11.5 Å². The lowest BCUT2D eigenvalue weighted by molar-refractivity contribution is -0.137. The van der Waals surface area contributed by atoms with E-state index in [1.165, 1.54) is 4.90 Å². The molecule has 2 aromatic rings. The molecule has 1 aliphatic rings. The van der Waals surface area contributed by atoms with Crippen molar-refractivity contribution in [2.45, 2.75) is 64.0 Å². The maximum atomic E-state index is 13.7. The summed E-state index contributed by atoms with van der Waals surface area (Å²) in [6, 6.07) is 7.64. The van der Waals surface area contributed by atoms with E-state index in [9.17, 15) is 13.2 Å². The fraction of sp³-hybridized carbons (Fsp3) is 0.545. The van der Waals surface area contributed by atoms with Crippen molar-refractivity contribution in [1.82, 2.24) is 9.97 Å². The summed E-state index contributed by atoms with van der Waals surface area (Å²) in [5.74, 6) is 0.193. The van der Waals surface area contributed by atoms with Crippen LogP contribution in [0.25, 0.3) is 0 Å². The lowest BCUT2D eigenvalue weighted by atomic mass is 9.95. The number of alkyl halides is 3. The van der Waals surface area contributed by atoms with E-state index >= 15 is 0 Å². The first kappa shape index (κ1) is 21.4. The summed E-state index contributed by atoms with van der Waals surface area (Å²) in [5.41, 5.74) is 0.965. The minimum atomic E-state index is -4.55. The Balaban J connectivity index is 1.95. The first-order valence-electron chi connectivity index (χ1n) is 10.3. The molecule has 1 aromatic heterocycles. The van der Waals surface area contributed by atoms with Crippen molar-refractivity contribution in [2.75, 3.05) is 18.6 Å². The van der Waals surface area contributed by atoms with E-state index in [2.05, 4.69) is 16.9 Å². The number of hydrogen-bond donors (Lipinski definition) is 0. The van der Waals surface area contributed by atoms with E-state index in [0.717, 1.165) is 62.4 Å². The molecule has 0 bridgehead atoms. The highest BCUT2D eigenvalue weighted by molar-refractivity contribution is 5.66. The van der Waals surface area contributed by atoms with Crippen molar-refractivity contribution in [3.8, 4) is 6.01 Å². The van der Waals surface area contributed by atoms with Crippen LogP contribution in [0.4, 0.5) is 24.7 Å². The third kappa shape index (κ3) is 5.19. The molecule has 0 radical (unpaired) electrons. The number of halogens is 3. The molecule has 1 aliphatic carbocycles. The van der Waals surface area contributed by atoms with E-state index in [-0.39, 0.29) is 11.8 Å². The third-order valence-electron chi connectivity index (χ3n) is 5.44. The van der Waals surface area contributed by atoms with Crippen LogP contribution >= 0.6 is 0 Å². The topological polar surface area (TPSA) is 38.2 Å². The van der Waals surface area contributed by atoms with Gasteiger partial charge in [0, 0.05) is 18.9 Å². The summed E-state index contributed by atoms with van der Waals surface area (Å²) in [4.78, 5) is 9.48. The molecule has 3 rings (SSSR count). The van der Waals surface area contributed by atoms with Gasteiger partial charge in [0.2, 0.25) is 0 Å². The highest BCUT2D eigenvalue weighted by Crippen LogP contribution is 2.42. The van der Waals surface area contributed by atoms with Gasteiger partial charge in [-0.3, -0.25) is 0 Å². The SMILES string of the molecule is CCCCCOc1ncc(C(F)(F)F)c(N(C)c2ccccc2C2CCCC2)n1. The van der Waals surface area contributed by atoms with Crippen LogP contribution in [0.15, 0.2) is 30.5 Å². The second-order valence-electron chi connectivity index (χ2n) is 7.54. The maximum absolute atomic E-state index is 13.7. The Kier molecular flexibility index (Phi) is 6.98. The van der Waals surface area contributed by atoms with Crippen LogP contribution in [0.1, 0.15) is 68.9 Å². The molecule has 0 amide bonds. The molecule has 0 aliphatic heterocycles. The molecule has 1 aromatic carbocycles. The molecule has 0 unspecified atom stereocenters. The minimum absolute atomic E-state index is 0.0192. The van der Waals surface area contributed by atoms with Crippen LogP contribution < -0.4 is 9.64 Å². The highest BCUT2D eigenvalue weighted by Gasteiger charge is 2.37. The predicted molar refractivity (Wildman–Crippen MR) is 108 cm³/mol. The molecule has 7 heteroatoms. The van der Waals surface area contributed by atoms with Crippen LogP contribution in [-0.2, 0) is 6.18 Å². The number of ether oxygens (including phenoxy) is 1. The van der Waals surface area contributed by atoms with Gasteiger partial charge < -0.3 is 9.64 Å². The summed E-state index contributed by atoms with van der Waals surface area (Å²) in [6.45, 7) is 2.46. The van der Waals surface area contributed by atoms with Gasteiger partial charge in [-0.05, 0) is 36.8 Å². The number of para-hydroxylation sites is 1.